The van der Waals surface area contributed by atoms with Gasteiger partial charge in [-0.15, -0.1) is 22.7 Å². The van der Waals surface area contributed by atoms with Gasteiger partial charge in [0.25, 0.3) is 0 Å². The predicted octanol–water partition coefficient (Wildman–Crippen LogP) is 9.85. The van der Waals surface area contributed by atoms with Crippen LogP contribution in [-0.2, 0) is 0 Å². The third kappa shape index (κ3) is 5.47. The van der Waals surface area contributed by atoms with Crippen molar-refractivity contribution < 1.29 is 26.3 Å². The summed E-state index contributed by atoms with van der Waals surface area (Å²) in [6, 6.07) is 14.0. The second-order valence-electron chi connectivity index (χ2n) is 12.6. The summed E-state index contributed by atoms with van der Waals surface area (Å²) in [4.78, 5) is 8.95. The monoisotopic (exact) mass is 692 g/mol. The van der Waals surface area contributed by atoms with E-state index in [-0.39, 0.29) is 20.9 Å². The molecule has 12 heteroatoms. The minimum absolute atomic E-state index is 0.238. The number of hydrogen-bond acceptors (Lipinski definition) is 6. The van der Waals surface area contributed by atoms with Gasteiger partial charge >= 0.3 is 17.8 Å². The number of anilines is 4. The second-order valence-corrected chi connectivity index (χ2v) is 15.1. The number of nitrogens with zero attached hydrogens (tertiary/aromatic N) is 4. The van der Waals surface area contributed by atoms with Gasteiger partial charge in [-0.05, 0) is 73.5 Å². The molecular weight excluding hydrogens is 655 g/mol. The van der Waals surface area contributed by atoms with Crippen LogP contribution in [0.4, 0.5) is 49.1 Å². The van der Waals surface area contributed by atoms with Crippen LogP contribution < -0.4 is 19.6 Å². The van der Waals surface area contributed by atoms with Crippen molar-refractivity contribution in [3.63, 3.8) is 0 Å². The topological polar surface area (TPSA) is 13.0 Å². The first-order valence-corrected chi connectivity index (χ1v) is 16.4. The molecule has 0 saturated heterocycles. The standard InChI is InChI=1S/C35H38F6N4S2/c1-19-23(17-29(46-19)25-15-21(42(3)4)11-13-27(25)44(7)8)31-32(34(38,39)35(40,41)33(31,36)37)24-18-30(47-20(24)2)26-16-22(43(5)6)12-14-28(26)45(9)10/h11-18H,1-10H3. The van der Waals surface area contributed by atoms with Crippen molar-refractivity contribution in [1.82, 2.24) is 0 Å². The summed E-state index contributed by atoms with van der Waals surface area (Å²) < 4.78 is 94.5. The molecule has 47 heavy (non-hydrogen) atoms. The van der Waals surface area contributed by atoms with Gasteiger partial charge in [0.1, 0.15) is 0 Å². The van der Waals surface area contributed by atoms with Gasteiger partial charge in [0.15, 0.2) is 0 Å². The van der Waals surface area contributed by atoms with E-state index in [0.29, 0.717) is 20.9 Å². The summed E-state index contributed by atoms with van der Waals surface area (Å²) in [6.07, 6.45) is 0. The lowest BCUT2D eigenvalue weighted by molar-refractivity contribution is -0.254. The van der Waals surface area contributed by atoms with Crippen molar-refractivity contribution in [2.75, 3.05) is 76.0 Å². The predicted molar refractivity (Wildman–Crippen MR) is 188 cm³/mol. The van der Waals surface area contributed by atoms with Crippen LogP contribution in [0.25, 0.3) is 32.0 Å². The molecule has 2 aromatic carbocycles. The molecule has 0 spiro atoms. The highest BCUT2D eigenvalue weighted by Gasteiger charge is 2.80. The van der Waals surface area contributed by atoms with E-state index in [2.05, 4.69) is 0 Å². The highest BCUT2D eigenvalue weighted by molar-refractivity contribution is 7.16. The summed E-state index contributed by atoms with van der Waals surface area (Å²) in [5, 5.41) is 0. The zero-order valence-electron chi connectivity index (χ0n) is 28.0. The van der Waals surface area contributed by atoms with Crippen LogP contribution in [0.2, 0.25) is 0 Å². The maximum atomic E-state index is 15.9. The van der Waals surface area contributed by atoms with Gasteiger partial charge in [-0.3, -0.25) is 0 Å². The van der Waals surface area contributed by atoms with Crippen LogP contribution in [0.1, 0.15) is 20.9 Å². The summed E-state index contributed by atoms with van der Waals surface area (Å²) in [7, 11) is 14.7. The van der Waals surface area contributed by atoms with Gasteiger partial charge in [0.05, 0.1) is 0 Å². The maximum Gasteiger partial charge on any atom is 0.380 e. The van der Waals surface area contributed by atoms with Crippen LogP contribution in [0.5, 0.6) is 0 Å². The van der Waals surface area contributed by atoms with Gasteiger partial charge in [-0.2, -0.15) is 26.3 Å². The normalized spacial score (nSPS) is 16.5. The number of rotatable bonds is 8. The largest absolute Gasteiger partial charge is 0.380 e. The van der Waals surface area contributed by atoms with Gasteiger partial charge < -0.3 is 19.6 Å². The Bertz CT molecular complexity index is 1740. The van der Waals surface area contributed by atoms with Crippen LogP contribution in [-0.4, -0.2) is 74.1 Å². The van der Waals surface area contributed by atoms with E-state index in [1.165, 1.54) is 26.0 Å². The molecule has 0 unspecified atom stereocenters. The third-order valence-corrected chi connectivity index (χ3v) is 10.7. The number of allylic oxidation sites excluding steroid dienone is 2. The van der Waals surface area contributed by atoms with Crippen molar-refractivity contribution in [2.24, 2.45) is 0 Å². The summed E-state index contributed by atoms with van der Waals surface area (Å²) in [6.45, 7) is 3.01. The van der Waals surface area contributed by atoms with Crippen molar-refractivity contribution in [3.8, 4) is 20.9 Å². The van der Waals surface area contributed by atoms with Crippen molar-refractivity contribution in [2.45, 2.75) is 31.6 Å². The highest BCUT2D eigenvalue weighted by atomic mass is 32.1. The molecule has 0 fully saturated rings. The molecule has 0 N–H and O–H groups in total. The molecule has 0 amide bonds. The molecule has 4 aromatic rings. The first-order valence-electron chi connectivity index (χ1n) is 14.8. The van der Waals surface area contributed by atoms with Crippen molar-refractivity contribution in [3.05, 3.63) is 69.4 Å². The molecule has 252 valence electrons. The molecule has 2 aromatic heterocycles. The molecule has 1 aliphatic rings. The van der Waals surface area contributed by atoms with E-state index in [0.717, 1.165) is 45.4 Å². The Morgan fingerprint density at radius 1 is 0.468 bits per heavy atom. The van der Waals surface area contributed by atoms with E-state index in [1.807, 2.05) is 112 Å². The van der Waals surface area contributed by atoms with E-state index in [4.69, 9.17) is 0 Å². The van der Waals surface area contributed by atoms with E-state index in [9.17, 15) is 0 Å². The number of aryl methyl sites for hydroxylation is 2. The second kappa shape index (κ2) is 11.8. The zero-order chi connectivity index (χ0) is 35.0. The molecule has 2 heterocycles. The minimum Gasteiger partial charge on any atom is -0.378 e. The summed E-state index contributed by atoms with van der Waals surface area (Å²) in [5.41, 5.74) is 1.27. The number of benzene rings is 2. The molecule has 0 radical (unpaired) electrons. The first-order chi connectivity index (χ1) is 21.7. The lowest BCUT2D eigenvalue weighted by atomic mass is 9.94. The summed E-state index contributed by atoms with van der Waals surface area (Å²) in [5.74, 6) is -15.9. The van der Waals surface area contributed by atoms with Crippen LogP contribution in [0.3, 0.4) is 0 Å². The first kappa shape index (κ1) is 34.7. The van der Waals surface area contributed by atoms with Gasteiger partial charge in [0, 0.05) is 121 Å². The Kier molecular flexibility index (Phi) is 8.71. The number of alkyl halides is 6. The lowest BCUT2D eigenvalue weighted by Crippen LogP contribution is -2.48. The highest BCUT2D eigenvalue weighted by Crippen LogP contribution is 2.66. The molecule has 0 bridgehead atoms. The fourth-order valence-corrected chi connectivity index (χ4v) is 8.04. The summed E-state index contributed by atoms with van der Waals surface area (Å²) >= 11 is 2.22. The Morgan fingerprint density at radius 3 is 1.11 bits per heavy atom. The van der Waals surface area contributed by atoms with Crippen LogP contribution in [0.15, 0.2) is 48.5 Å². The van der Waals surface area contributed by atoms with Crippen LogP contribution >= 0.6 is 22.7 Å². The van der Waals surface area contributed by atoms with Gasteiger partial charge in [0.2, 0.25) is 0 Å². The van der Waals surface area contributed by atoms with Gasteiger partial charge in [-0.1, -0.05) is 0 Å². The van der Waals surface area contributed by atoms with Crippen molar-refractivity contribution in [1.29, 1.82) is 0 Å². The molecule has 5 rings (SSSR count). The minimum atomic E-state index is -5.65. The average molecular weight is 693 g/mol. The molecular formula is C35H38F6N4S2. The number of hydrogen-bond donors (Lipinski definition) is 0. The molecule has 0 saturated carbocycles. The number of thiophene rings is 2. The van der Waals surface area contributed by atoms with E-state index < -0.39 is 28.9 Å². The molecule has 0 atom stereocenters. The molecule has 1 aliphatic carbocycles. The SMILES string of the molecule is Cc1sc(-c2cc(N(C)C)ccc2N(C)C)cc1C1=C(c2cc(-c3cc(N(C)C)ccc3N(C)C)sc2C)C(F)(F)C(F)(F)C1(F)F. The van der Waals surface area contributed by atoms with Crippen molar-refractivity contribution >= 4 is 56.6 Å². The smallest absolute Gasteiger partial charge is 0.378 e. The zero-order valence-corrected chi connectivity index (χ0v) is 29.6. The Labute approximate surface area is 280 Å². The third-order valence-electron chi connectivity index (χ3n) is 8.53. The van der Waals surface area contributed by atoms with E-state index >= 15 is 26.3 Å². The fraction of sp³-hybridized carbons (Fsp3) is 0.371. The van der Waals surface area contributed by atoms with E-state index in [1.54, 1.807) is 0 Å². The molecule has 0 aliphatic heterocycles. The Morgan fingerprint density at radius 2 is 0.809 bits per heavy atom. The maximum absolute atomic E-state index is 15.9. The Hall–Kier alpha value is -3.64. The Balaban J connectivity index is 1.79. The average Bonchev–Trinajstić information content (AvgIpc) is 3.58. The van der Waals surface area contributed by atoms with Gasteiger partial charge in [-0.25, -0.2) is 0 Å². The quantitative estimate of drug-likeness (QED) is 0.171. The number of halogens is 6. The molecule has 4 nitrogen and oxygen atoms in total. The fourth-order valence-electron chi connectivity index (χ4n) is 5.94. The van der Waals surface area contributed by atoms with Crippen LogP contribution in [0, 0.1) is 13.8 Å². The lowest BCUT2D eigenvalue weighted by Gasteiger charge is -2.25.